The maximum atomic E-state index is 5.94. The van der Waals surface area contributed by atoms with E-state index in [4.69, 9.17) is 27.9 Å². The topological polar surface area (TPSA) is 21.3 Å². The molecule has 0 aliphatic rings. The fourth-order valence-corrected chi connectivity index (χ4v) is 1.56. The van der Waals surface area contributed by atoms with Crippen LogP contribution in [0.25, 0.3) is 0 Å². The van der Waals surface area contributed by atoms with E-state index in [-0.39, 0.29) is 0 Å². The highest BCUT2D eigenvalue weighted by molar-refractivity contribution is 6.35. The molecular formula is C11H15Cl2NO. The summed E-state index contributed by atoms with van der Waals surface area (Å²) in [4.78, 5) is 0. The summed E-state index contributed by atoms with van der Waals surface area (Å²) in [7, 11) is 0. The molecular weight excluding hydrogens is 233 g/mol. The molecule has 0 unspecified atom stereocenters. The summed E-state index contributed by atoms with van der Waals surface area (Å²) in [5.41, 5.74) is 0. The minimum Gasteiger partial charge on any atom is -0.491 e. The molecule has 0 atom stereocenters. The average Bonchev–Trinajstić information content (AvgIpc) is 2.14. The van der Waals surface area contributed by atoms with Crippen molar-refractivity contribution in [2.24, 2.45) is 0 Å². The summed E-state index contributed by atoms with van der Waals surface area (Å²) in [6, 6.07) is 5.68. The van der Waals surface area contributed by atoms with E-state index >= 15 is 0 Å². The summed E-state index contributed by atoms with van der Waals surface area (Å²) >= 11 is 11.7. The second-order valence-corrected chi connectivity index (χ2v) is 4.38. The van der Waals surface area contributed by atoms with Gasteiger partial charge < -0.3 is 10.1 Å². The fraction of sp³-hybridized carbons (Fsp3) is 0.455. The summed E-state index contributed by atoms with van der Waals surface area (Å²) in [6.45, 7) is 5.58. The zero-order valence-electron chi connectivity index (χ0n) is 8.89. The third-order valence-electron chi connectivity index (χ3n) is 1.81. The molecule has 84 valence electrons. The molecule has 2 nitrogen and oxygen atoms in total. The lowest BCUT2D eigenvalue weighted by Gasteiger charge is -2.10. The van der Waals surface area contributed by atoms with Crippen molar-refractivity contribution in [1.82, 2.24) is 5.32 Å². The number of ether oxygens (including phenoxy) is 1. The molecule has 0 bridgehead atoms. The molecule has 15 heavy (non-hydrogen) atoms. The highest BCUT2D eigenvalue weighted by atomic mass is 35.5. The third-order valence-corrected chi connectivity index (χ3v) is 2.34. The van der Waals surface area contributed by atoms with Crippen molar-refractivity contribution in [2.75, 3.05) is 13.2 Å². The first kappa shape index (κ1) is 12.6. The van der Waals surface area contributed by atoms with Gasteiger partial charge in [0.25, 0.3) is 0 Å². The molecule has 0 heterocycles. The van der Waals surface area contributed by atoms with Gasteiger partial charge in [0.05, 0.1) is 5.02 Å². The Bertz CT molecular complexity index is 315. The van der Waals surface area contributed by atoms with E-state index in [0.717, 1.165) is 6.54 Å². The second kappa shape index (κ2) is 6.21. The average molecular weight is 248 g/mol. The molecule has 1 rings (SSSR count). The van der Waals surface area contributed by atoms with E-state index in [1.165, 1.54) is 0 Å². The van der Waals surface area contributed by atoms with Gasteiger partial charge >= 0.3 is 0 Å². The minimum atomic E-state index is 0.467. The van der Waals surface area contributed by atoms with Gasteiger partial charge in [-0.15, -0.1) is 0 Å². The Morgan fingerprint density at radius 2 is 2.07 bits per heavy atom. The second-order valence-electron chi connectivity index (χ2n) is 3.53. The number of nitrogens with one attached hydrogen (secondary N) is 1. The van der Waals surface area contributed by atoms with Gasteiger partial charge in [0.15, 0.2) is 0 Å². The molecule has 1 N–H and O–H groups in total. The molecule has 4 heteroatoms. The first-order valence-corrected chi connectivity index (χ1v) is 5.66. The van der Waals surface area contributed by atoms with Crippen LogP contribution in [-0.4, -0.2) is 19.2 Å². The van der Waals surface area contributed by atoms with Gasteiger partial charge in [0.1, 0.15) is 12.4 Å². The van der Waals surface area contributed by atoms with Crippen molar-refractivity contribution >= 4 is 23.2 Å². The van der Waals surface area contributed by atoms with Crippen LogP contribution in [0.3, 0.4) is 0 Å². The van der Waals surface area contributed by atoms with E-state index in [1.807, 2.05) is 0 Å². The lowest BCUT2D eigenvalue weighted by Crippen LogP contribution is -2.27. The van der Waals surface area contributed by atoms with Crippen molar-refractivity contribution in [3.05, 3.63) is 28.2 Å². The highest BCUT2D eigenvalue weighted by Gasteiger charge is 2.01. The molecule has 0 saturated carbocycles. The van der Waals surface area contributed by atoms with Crippen LogP contribution >= 0.6 is 23.2 Å². The summed E-state index contributed by atoms with van der Waals surface area (Å²) < 4.78 is 5.49. The first-order valence-electron chi connectivity index (χ1n) is 4.91. The zero-order chi connectivity index (χ0) is 11.3. The Morgan fingerprint density at radius 1 is 1.33 bits per heavy atom. The highest BCUT2D eigenvalue weighted by Crippen LogP contribution is 2.27. The normalized spacial score (nSPS) is 10.7. The molecule has 1 aromatic carbocycles. The molecule has 0 amide bonds. The van der Waals surface area contributed by atoms with Gasteiger partial charge in [-0.25, -0.2) is 0 Å². The van der Waals surface area contributed by atoms with Crippen LogP contribution in [0.15, 0.2) is 18.2 Å². The van der Waals surface area contributed by atoms with Crippen LogP contribution in [0.5, 0.6) is 5.75 Å². The van der Waals surface area contributed by atoms with E-state index in [2.05, 4.69) is 19.2 Å². The number of rotatable bonds is 5. The van der Waals surface area contributed by atoms with Crippen molar-refractivity contribution < 1.29 is 4.74 Å². The monoisotopic (exact) mass is 247 g/mol. The van der Waals surface area contributed by atoms with Gasteiger partial charge in [-0.05, 0) is 18.2 Å². The van der Waals surface area contributed by atoms with Gasteiger partial charge in [0.2, 0.25) is 0 Å². The Kier molecular flexibility index (Phi) is 5.23. The maximum Gasteiger partial charge on any atom is 0.138 e. The molecule has 0 radical (unpaired) electrons. The van der Waals surface area contributed by atoms with Gasteiger partial charge in [-0.1, -0.05) is 37.0 Å². The van der Waals surface area contributed by atoms with Crippen LogP contribution in [0.1, 0.15) is 13.8 Å². The van der Waals surface area contributed by atoms with E-state index in [0.29, 0.717) is 28.4 Å². The van der Waals surface area contributed by atoms with Crippen LogP contribution in [0.4, 0.5) is 0 Å². The largest absolute Gasteiger partial charge is 0.491 e. The number of hydrogen-bond acceptors (Lipinski definition) is 2. The summed E-state index contributed by atoms with van der Waals surface area (Å²) in [5.74, 6) is 0.673. The van der Waals surface area contributed by atoms with E-state index in [1.54, 1.807) is 18.2 Å². The number of hydrogen-bond donors (Lipinski definition) is 1. The summed E-state index contributed by atoms with van der Waals surface area (Å²) in [6.07, 6.45) is 0. The zero-order valence-corrected chi connectivity index (χ0v) is 10.4. The SMILES string of the molecule is CC(C)NCCOc1ccc(Cl)cc1Cl. The minimum absolute atomic E-state index is 0.467. The predicted octanol–water partition coefficient (Wildman–Crippen LogP) is 3.37. The lowest BCUT2D eigenvalue weighted by atomic mass is 10.3. The fourth-order valence-electron chi connectivity index (χ4n) is 1.10. The molecule has 0 fully saturated rings. The van der Waals surface area contributed by atoms with E-state index in [9.17, 15) is 0 Å². The first-order chi connectivity index (χ1) is 7.09. The van der Waals surface area contributed by atoms with Gasteiger partial charge in [-0.3, -0.25) is 0 Å². The van der Waals surface area contributed by atoms with Crippen LogP contribution in [0, 0.1) is 0 Å². The third kappa shape index (κ3) is 4.74. The Hall–Kier alpha value is -0.440. The molecule has 0 aliphatic carbocycles. The quantitative estimate of drug-likeness (QED) is 0.806. The molecule has 0 aromatic heterocycles. The number of benzene rings is 1. The standard InChI is InChI=1S/C11H15Cl2NO/c1-8(2)14-5-6-15-11-4-3-9(12)7-10(11)13/h3-4,7-8,14H,5-6H2,1-2H3. The van der Waals surface area contributed by atoms with Gasteiger partial charge in [0, 0.05) is 17.6 Å². The molecule has 0 aliphatic heterocycles. The van der Waals surface area contributed by atoms with Gasteiger partial charge in [-0.2, -0.15) is 0 Å². The van der Waals surface area contributed by atoms with Crippen molar-refractivity contribution in [3.63, 3.8) is 0 Å². The Balaban J connectivity index is 2.37. The van der Waals surface area contributed by atoms with Crippen molar-refractivity contribution in [2.45, 2.75) is 19.9 Å². The van der Waals surface area contributed by atoms with Crippen molar-refractivity contribution in [1.29, 1.82) is 0 Å². The Labute approximate surface area is 101 Å². The van der Waals surface area contributed by atoms with E-state index < -0.39 is 0 Å². The van der Waals surface area contributed by atoms with Crippen LogP contribution < -0.4 is 10.1 Å². The van der Waals surface area contributed by atoms with Crippen molar-refractivity contribution in [3.8, 4) is 5.75 Å². The molecule has 1 aromatic rings. The maximum absolute atomic E-state index is 5.94. The number of halogens is 2. The molecule has 0 spiro atoms. The van der Waals surface area contributed by atoms with Crippen LogP contribution in [0.2, 0.25) is 10.0 Å². The predicted molar refractivity (Wildman–Crippen MR) is 65.1 cm³/mol. The smallest absolute Gasteiger partial charge is 0.138 e. The summed E-state index contributed by atoms with van der Waals surface area (Å²) in [5, 5.41) is 4.42. The lowest BCUT2D eigenvalue weighted by molar-refractivity contribution is 0.309. The Morgan fingerprint density at radius 3 is 2.67 bits per heavy atom. The molecule has 0 saturated heterocycles. The van der Waals surface area contributed by atoms with Crippen LogP contribution in [-0.2, 0) is 0 Å².